The number of hydrogen-bond donors (Lipinski definition) is 4. The highest BCUT2D eigenvalue weighted by Crippen LogP contribution is 2.18. The smallest absolute Gasteiger partial charge is 0.00682 e. The summed E-state index contributed by atoms with van der Waals surface area (Å²) in [6, 6.07) is 1.52. The highest BCUT2D eigenvalue weighted by molar-refractivity contribution is 4.80. The van der Waals surface area contributed by atoms with Crippen molar-refractivity contribution in [2.24, 2.45) is 0 Å². The van der Waals surface area contributed by atoms with Crippen LogP contribution >= 0.6 is 0 Å². The predicted octanol–water partition coefficient (Wildman–Crippen LogP) is 1.48. The molecule has 1 fully saturated rings. The molecule has 0 aromatic carbocycles. The van der Waals surface area contributed by atoms with Gasteiger partial charge < -0.3 is 21.3 Å². The largest absolute Gasteiger partial charge is 0.317 e. The van der Waals surface area contributed by atoms with Crippen molar-refractivity contribution < 1.29 is 0 Å². The summed E-state index contributed by atoms with van der Waals surface area (Å²) in [4.78, 5) is 0. The SMILES string of the molecule is CCNCCCN[C@H]1CC[C@H](NCCCNCC)CC1. The normalized spacial score (nSPS) is 23.1. The third-order valence-corrected chi connectivity index (χ3v) is 4.15. The van der Waals surface area contributed by atoms with Gasteiger partial charge in [-0.1, -0.05) is 13.8 Å². The summed E-state index contributed by atoms with van der Waals surface area (Å²) >= 11 is 0. The summed E-state index contributed by atoms with van der Waals surface area (Å²) < 4.78 is 0. The molecule has 0 amide bonds. The maximum atomic E-state index is 3.71. The maximum absolute atomic E-state index is 3.71. The highest BCUT2D eigenvalue weighted by Gasteiger charge is 2.19. The molecule has 0 aromatic heterocycles. The molecule has 0 radical (unpaired) electrons. The average Bonchev–Trinajstić information content (AvgIpc) is 2.48. The van der Waals surface area contributed by atoms with E-state index in [4.69, 9.17) is 0 Å². The zero-order chi connectivity index (χ0) is 14.5. The van der Waals surface area contributed by atoms with Gasteiger partial charge in [-0.25, -0.2) is 0 Å². The Balaban J connectivity index is 1.91. The molecule has 1 rings (SSSR count). The number of nitrogens with one attached hydrogen (secondary N) is 4. The molecule has 120 valence electrons. The lowest BCUT2D eigenvalue weighted by atomic mass is 9.91. The molecule has 1 saturated carbocycles. The van der Waals surface area contributed by atoms with Crippen LogP contribution in [0, 0.1) is 0 Å². The van der Waals surface area contributed by atoms with E-state index in [0.717, 1.165) is 38.3 Å². The molecule has 20 heavy (non-hydrogen) atoms. The van der Waals surface area contributed by atoms with Crippen molar-refractivity contribution >= 4 is 0 Å². The van der Waals surface area contributed by atoms with Crippen molar-refractivity contribution in [1.82, 2.24) is 21.3 Å². The third kappa shape index (κ3) is 8.90. The van der Waals surface area contributed by atoms with Crippen molar-refractivity contribution in [3.63, 3.8) is 0 Å². The van der Waals surface area contributed by atoms with Gasteiger partial charge in [-0.05, 0) is 77.8 Å². The fourth-order valence-electron chi connectivity index (χ4n) is 2.89. The van der Waals surface area contributed by atoms with Gasteiger partial charge in [-0.2, -0.15) is 0 Å². The Kier molecular flexibility index (Phi) is 11.2. The summed E-state index contributed by atoms with van der Waals surface area (Å²) in [5, 5.41) is 14.2. The van der Waals surface area contributed by atoms with Crippen LogP contribution in [0.3, 0.4) is 0 Å². The van der Waals surface area contributed by atoms with Gasteiger partial charge in [0.25, 0.3) is 0 Å². The van der Waals surface area contributed by atoms with Gasteiger partial charge in [0.05, 0.1) is 0 Å². The Labute approximate surface area is 125 Å². The molecule has 1 aliphatic rings. The Morgan fingerprint density at radius 3 is 1.40 bits per heavy atom. The molecule has 0 atom stereocenters. The Morgan fingerprint density at radius 2 is 1.05 bits per heavy atom. The fourth-order valence-corrected chi connectivity index (χ4v) is 2.89. The van der Waals surface area contributed by atoms with Crippen molar-refractivity contribution in [3.05, 3.63) is 0 Å². The quantitative estimate of drug-likeness (QED) is 0.410. The van der Waals surface area contributed by atoms with E-state index in [9.17, 15) is 0 Å². The summed E-state index contributed by atoms with van der Waals surface area (Å²) in [6.07, 6.45) is 7.85. The van der Waals surface area contributed by atoms with Crippen LogP contribution in [-0.4, -0.2) is 51.4 Å². The van der Waals surface area contributed by atoms with Gasteiger partial charge in [0, 0.05) is 12.1 Å². The van der Waals surface area contributed by atoms with Crippen molar-refractivity contribution in [2.75, 3.05) is 39.3 Å². The van der Waals surface area contributed by atoms with Crippen molar-refractivity contribution in [2.45, 2.75) is 64.5 Å². The maximum Gasteiger partial charge on any atom is 0.00682 e. The van der Waals surface area contributed by atoms with Gasteiger partial charge in [0.15, 0.2) is 0 Å². The molecule has 4 N–H and O–H groups in total. The van der Waals surface area contributed by atoms with Gasteiger partial charge in [-0.15, -0.1) is 0 Å². The average molecular weight is 284 g/mol. The molecule has 1 aliphatic carbocycles. The van der Waals surface area contributed by atoms with E-state index in [2.05, 4.69) is 35.1 Å². The molecule has 0 saturated heterocycles. The van der Waals surface area contributed by atoms with E-state index in [1.807, 2.05) is 0 Å². The van der Waals surface area contributed by atoms with Crippen LogP contribution in [0.1, 0.15) is 52.4 Å². The second kappa shape index (κ2) is 12.6. The molecule has 4 nitrogen and oxygen atoms in total. The van der Waals surface area contributed by atoms with Gasteiger partial charge in [0.1, 0.15) is 0 Å². The molecule has 4 heteroatoms. The molecular weight excluding hydrogens is 248 g/mol. The standard InChI is InChI=1S/C16H36N4/c1-3-17-11-5-13-19-15-7-9-16(10-8-15)20-14-6-12-18-4-2/h15-20H,3-14H2,1-2H3/t15-,16-. The van der Waals surface area contributed by atoms with Crippen LogP contribution in [0.15, 0.2) is 0 Å². The molecule has 0 unspecified atom stereocenters. The summed E-state index contributed by atoms with van der Waals surface area (Å²) in [5.74, 6) is 0. The first kappa shape index (κ1) is 17.9. The summed E-state index contributed by atoms with van der Waals surface area (Å²) in [7, 11) is 0. The summed E-state index contributed by atoms with van der Waals surface area (Å²) in [5.41, 5.74) is 0. The van der Waals surface area contributed by atoms with Crippen LogP contribution in [0.5, 0.6) is 0 Å². The monoisotopic (exact) mass is 284 g/mol. The van der Waals surface area contributed by atoms with Crippen LogP contribution < -0.4 is 21.3 Å². The number of rotatable bonds is 12. The lowest BCUT2D eigenvalue weighted by Gasteiger charge is -2.30. The van der Waals surface area contributed by atoms with Gasteiger partial charge >= 0.3 is 0 Å². The molecule has 0 aromatic rings. The van der Waals surface area contributed by atoms with E-state index in [-0.39, 0.29) is 0 Å². The first-order valence-electron chi connectivity index (χ1n) is 8.75. The van der Waals surface area contributed by atoms with E-state index < -0.39 is 0 Å². The second-order valence-corrected chi connectivity index (χ2v) is 5.87. The van der Waals surface area contributed by atoms with Gasteiger partial charge in [0.2, 0.25) is 0 Å². The first-order valence-corrected chi connectivity index (χ1v) is 8.75. The molecule has 0 aliphatic heterocycles. The lowest BCUT2D eigenvalue weighted by Crippen LogP contribution is -2.41. The zero-order valence-corrected chi connectivity index (χ0v) is 13.6. The topological polar surface area (TPSA) is 48.1 Å². The molecule has 0 heterocycles. The minimum atomic E-state index is 0.761. The van der Waals surface area contributed by atoms with Crippen LogP contribution in [0.25, 0.3) is 0 Å². The van der Waals surface area contributed by atoms with E-state index in [1.54, 1.807) is 0 Å². The third-order valence-electron chi connectivity index (χ3n) is 4.15. The Hall–Kier alpha value is -0.160. The van der Waals surface area contributed by atoms with Crippen molar-refractivity contribution in [1.29, 1.82) is 0 Å². The predicted molar refractivity (Wildman–Crippen MR) is 88.4 cm³/mol. The lowest BCUT2D eigenvalue weighted by molar-refractivity contribution is 0.306. The Bertz CT molecular complexity index is 181. The van der Waals surface area contributed by atoms with Crippen LogP contribution in [0.4, 0.5) is 0 Å². The van der Waals surface area contributed by atoms with E-state index in [1.165, 1.54) is 51.6 Å². The first-order chi connectivity index (χ1) is 9.86. The van der Waals surface area contributed by atoms with E-state index >= 15 is 0 Å². The molecular formula is C16H36N4. The van der Waals surface area contributed by atoms with E-state index in [0.29, 0.717) is 0 Å². The zero-order valence-electron chi connectivity index (χ0n) is 13.6. The Morgan fingerprint density at radius 1 is 0.650 bits per heavy atom. The highest BCUT2D eigenvalue weighted by atomic mass is 15.0. The summed E-state index contributed by atoms with van der Waals surface area (Å²) in [6.45, 7) is 11.1. The number of hydrogen-bond acceptors (Lipinski definition) is 4. The molecule has 0 bridgehead atoms. The van der Waals surface area contributed by atoms with Crippen LogP contribution in [0.2, 0.25) is 0 Å². The minimum absolute atomic E-state index is 0.761. The second-order valence-electron chi connectivity index (χ2n) is 5.87. The molecule has 0 spiro atoms. The van der Waals surface area contributed by atoms with Crippen molar-refractivity contribution in [3.8, 4) is 0 Å². The minimum Gasteiger partial charge on any atom is -0.317 e. The van der Waals surface area contributed by atoms with Gasteiger partial charge in [-0.3, -0.25) is 0 Å². The fraction of sp³-hybridized carbons (Fsp3) is 1.00. The van der Waals surface area contributed by atoms with Crippen LogP contribution in [-0.2, 0) is 0 Å².